The summed E-state index contributed by atoms with van der Waals surface area (Å²) in [7, 11) is 0. The van der Waals surface area contributed by atoms with Gasteiger partial charge in [0.25, 0.3) is 0 Å². The van der Waals surface area contributed by atoms with Gasteiger partial charge in [0.05, 0.1) is 12.9 Å². The summed E-state index contributed by atoms with van der Waals surface area (Å²) in [6, 6.07) is 0.585. The van der Waals surface area contributed by atoms with Gasteiger partial charge in [-0.05, 0) is 56.1 Å². The zero-order chi connectivity index (χ0) is 12.8. The van der Waals surface area contributed by atoms with Crippen LogP contribution in [-0.4, -0.2) is 19.2 Å². The number of hydrogen-bond donors (Lipinski definition) is 1. The third-order valence-electron chi connectivity index (χ3n) is 4.61. The summed E-state index contributed by atoms with van der Waals surface area (Å²) in [5, 5.41) is 3.78. The van der Waals surface area contributed by atoms with Crippen LogP contribution in [0.4, 0.5) is 0 Å². The fourth-order valence-corrected chi connectivity index (χ4v) is 3.50. The molecule has 0 aromatic carbocycles. The molecule has 0 spiro atoms. The Labute approximate surface area is 112 Å². The second-order valence-corrected chi connectivity index (χ2v) is 5.95. The molecule has 1 fully saturated rings. The van der Waals surface area contributed by atoms with Crippen molar-refractivity contribution in [2.24, 2.45) is 11.8 Å². The maximum absolute atomic E-state index is 5.55. The highest BCUT2D eigenvalue weighted by molar-refractivity contribution is 5.13. The fourth-order valence-electron chi connectivity index (χ4n) is 3.50. The Morgan fingerprint density at radius 3 is 2.89 bits per heavy atom. The lowest BCUT2D eigenvalue weighted by molar-refractivity contribution is 0.213. The van der Waals surface area contributed by atoms with Crippen molar-refractivity contribution in [3.63, 3.8) is 0 Å². The van der Waals surface area contributed by atoms with Gasteiger partial charge in [0.1, 0.15) is 0 Å². The van der Waals surface area contributed by atoms with Crippen LogP contribution in [0.3, 0.4) is 0 Å². The average Bonchev–Trinajstić information content (AvgIpc) is 2.89. The van der Waals surface area contributed by atoms with E-state index in [0.29, 0.717) is 6.04 Å². The van der Waals surface area contributed by atoms with E-state index in [1.807, 2.05) is 0 Å². The molecule has 104 valence electrons. The molecule has 3 atom stereocenters. The molecule has 2 heteroatoms. The number of rotatable bonds is 6. The molecule has 1 N–H and O–H groups in total. The number of hydrogen-bond acceptors (Lipinski definition) is 2. The lowest BCUT2D eigenvalue weighted by atomic mass is 9.88. The molecule has 0 saturated heterocycles. The van der Waals surface area contributed by atoms with Crippen molar-refractivity contribution in [2.45, 2.75) is 64.8 Å². The number of nitrogens with one attached hydrogen (secondary N) is 1. The van der Waals surface area contributed by atoms with Gasteiger partial charge in [-0.1, -0.05) is 26.7 Å². The van der Waals surface area contributed by atoms with Gasteiger partial charge >= 0.3 is 0 Å². The molecule has 2 nitrogen and oxygen atoms in total. The minimum atomic E-state index is 0.585. The van der Waals surface area contributed by atoms with Gasteiger partial charge < -0.3 is 10.1 Å². The average molecular weight is 251 g/mol. The third kappa shape index (κ3) is 3.50. The predicted octanol–water partition coefficient (Wildman–Crippen LogP) is 3.88. The molecule has 0 radical (unpaired) electrons. The molecule has 1 heterocycles. The molecule has 0 aromatic heterocycles. The monoisotopic (exact) mass is 251 g/mol. The molecule has 1 aliphatic carbocycles. The van der Waals surface area contributed by atoms with Gasteiger partial charge in [-0.25, -0.2) is 0 Å². The van der Waals surface area contributed by atoms with Crippen LogP contribution in [0.25, 0.3) is 0 Å². The van der Waals surface area contributed by atoms with Crippen molar-refractivity contribution in [1.82, 2.24) is 5.32 Å². The fraction of sp³-hybridized carbons (Fsp3) is 0.875. The summed E-state index contributed by atoms with van der Waals surface area (Å²) < 4.78 is 5.55. The molecule has 2 aliphatic rings. The van der Waals surface area contributed by atoms with Crippen molar-refractivity contribution in [3.8, 4) is 0 Å². The minimum absolute atomic E-state index is 0.585. The van der Waals surface area contributed by atoms with Crippen LogP contribution in [0.15, 0.2) is 11.8 Å². The molecule has 18 heavy (non-hydrogen) atoms. The second-order valence-electron chi connectivity index (χ2n) is 5.95. The van der Waals surface area contributed by atoms with E-state index in [4.69, 9.17) is 4.74 Å². The molecule has 1 aliphatic heterocycles. The largest absolute Gasteiger partial charge is 0.501 e. The Bertz CT molecular complexity index is 274. The zero-order valence-electron chi connectivity index (χ0n) is 12.1. The van der Waals surface area contributed by atoms with Crippen LogP contribution >= 0.6 is 0 Å². The quantitative estimate of drug-likeness (QED) is 0.773. The Kier molecular flexibility index (Phi) is 5.55. The van der Waals surface area contributed by atoms with Crippen LogP contribution in [0.2, 0.25) is 0 Å². The summed E-state index contributed by atoms with van der Waals surface area (Å²) >= 11 is 0. The summed E-state index contributed by atoms with van der Waals surface area (Å²) in [5.41, 5.74) is 1.52. The normalized spacial score (nSPS) is 29.8. The molecule has 3 unspecified atom stereocenters. The summed E-state index contributed by atoms with van der Waals surface area (Å²) in [4.78, 5) is 0. The molecule has 0 bridgehead atoms. The first-order chi connectivity index (χ1) is 8.85. The highest BCUT2D eigenvalue weighted by Gasteiger charge is 2.32. The van der Waals surface area contributed by atoms with Crippen molar-refractivity contribution < 1.29 is 4.74 Å². The molecule has 0 aromatic rings. The highest BCUT2D eigenvalue weighted by atomic mass is 16.5. The standard InChI is InChI=1S/C16H29NO/c1-3-9-17-16(15-6-5-10-18-12-15)14-8-7-13(4-2)11-14/h12-14,16-17H,3-11H2,1-2H3. The molecule has 1 saturated carbocycles. The van der Waals surface area contributed by atoms with E-state index in [0.717, 1.165) is 25.0 Å². The van der Waals surface area contributed by atoms with Crippen molar-refractivity contribution in [2.75, 3.05) is 13.2 Å². The first kappa shape index (κ1) is 13.9. The molecular formula is C16H29NO. The second kappa shape index (κ2) is 7.18. The van der Waals surface area contributed by atoms with Crippen LogP contribution < -0.4 is 5.32 Å². The van der Waals surface area contributed by atoms with Crippen LogP contribution in [-0.2, 0) is 4.74 Å². The SMILES string of the molecule is CCCNC(C1=COCCC1)C1CCC(CC)C1. The maximum Gasteiger partial charge on any atom is 0.0876 e. The first-order valence-corrected chi connectivity index (χ1v) is 7.89. The van der Waals surface area contributed by atoms with E-state index in [9.17, 15) is 0 Å². The van der Waals surface area contributed by atoms with Crippen LogP contribution in [0.1, 0.15) is 58.8 Å². The van der Waals surface area contributed by atoms with Gasteiger partial charge in [0, 0.05) is 6.04 Å². The van der Waals surface area contributed by atoms with E-state index >= 15 is 0 Å². The van der Waals surface area contributed by atoms with Gasteiger partial charge in [-0.2, -0.15) is 0 Å². The molecule has 2 rings (SSSR count). The topological polar surface area (TPSA) is 21.3 Å². The smallest absolute Gasteiger partial charge is 0.0876 e. The Balaban J connectivity index is 1.98. The molecule has 0 amide bonds. The van der Waals surface area contributed by atoms with Crippen LogP contribution in [0.5, 0.6) is 0 Å². The van der Waals surface area contributed by atoms with E-state index in [-0.39, 0.29) is 0 Å². The maximum atomic E-state index is 5.55. The van der Waals surface area contributed by atoms with Crippen molar-refractivity contribution in [3.05, 3.63) is 11.8 Å². The summed E-state index contributed by atoms with van der Waals surface area (Å²) in [6.07, 6.45) is 11.3. The van der Waals surface area contributed by atoms with E-state index in [2.05, 4.69) is 25.4 Å². The minimum Gasteiger partial charge on any atom is -0.501 e. The Morgan fingerprint density at radius 1 is 1.39 bits per heavy atom. The predicted molar refractivity (Wildman–Crippen MR) is 76.5 cm³/mol. The highest BCUT2D eigenvalue weighted by Crippen LogP contribution is 2.38. The van der Waals surface area contributed by atoms with Gasteiger partial charge in [0.15, 0.2) is 0 Å². The van der Waals surface area contributed by atoms with Gasteiger partial charge in [-0.15, -0.1) is 0 Å². The van der Waals surface area contributed by atoms with Gasteiger partial charge in [-0.3, -0.25) is 0 Å². The number of ether oxygens (including phenoxy) is 1. The first-order valence-electron chi connectivity index (χ1n) is 7.89. The summed E-state index contributed by atoms with van der Waals surface area (Å²) in [6.45, 7) is 6.63. The van der Waals surface area contributed by atoms with E-state index in [1.165, 1.54) is 50.5 Å². The van der Waals surface area contributed by atoms with E-state index < -0.39 is 0 Å². The zero-order valence-corrected chi connectivity index (χ0v) is 12.1. The third-order valence-corrected chi connectivity index (χ3v) is 4.61. The Hall–Kier alpha value is -0.500. The van der Waals surface area contributed by atoms with Crippen LogP contribution in [0, 0.1) is 11.8 Å². The van der Waals surface area contributed by atoms with Crippen molar-refractivity contribution >= 4 is 0 Å². The summed E-state index contributed by atoms with van der Waals surface area (Å²) in [5.74, 6) is 1.81. The van der Waals surface area contributed by atoms with Crippen molar-refractivity contribution in [1.29, 1.82) is 0 Å². The Morgan fingerprint density at radius 2 is 2.28 bits per heavy atom. The lowest BCUT2D eigenvalue weighted by Gasteiger charge is -2.29. The molecular weight excluding hydrogens is 222 g/mol. The lowest BCUT2D eigenvalue weighted by Crippen LogP contribution is -2.38. The van der Waals surface area contributed by atoms with E-state index in [1.54, 1.807) is 0 Å². The van der Waals surface area contributed by atoms with Gasteiger partial charge in [0.2, 0.25) is 0 Å².